The number of rotatable bonds is 3. The molecule has 0 saturated carbocycles. The average molecular weight is 419 g/mol. The highest BCUT2D eigenvalue weighted by Crippen LogP contribution is 2.39. The molecule has 0 spiro atoms. The maximum Gasteiger partial charge on any atom is 0.340 e. The Morgan fingerprint density at radius 1 is 1.16 bits per heavy atom. The van der Waals surface area contributed by atoms with Crippen LogP contribution in [0.4, 0.5) is 5.69 Å². The molecule has 0 N–H and O–H groups in total. The van der Waals surface area contributed by atoms with Crippen molar-refractivity contribution >= 4 is 22.6 Å². The Balaban J connectivity index is 1.60. The predicted molar refractivity (Wildman–Crippen MR) is 118 cm³/mol. The van der Waals surface area contributed by atoms with Gasteiger partial charge < -0.3 is 18.8 Å². The molecule has 0 fully saturated rings. The van der Waals surface area contributed by atoms with Gasteiger partial charge in [0.1, 0.15) is 11.3 Å². The first-order valence-electron chi connectivity index (χ1n) is 10.8. The second-order valence-electron chi connectivity index (χ2n) is 8.13. The van der Waals surface area contributed by atoms with Crippen LogP contribution in [0.5, 0.6) is 5.75 Å². The number of para-hydroxylation sites is 1. The zero-order valence-electron chi connectivity index (χ0n) is 17.8. The molecule has 2 heterocycles. The lowest BCUT2D eigenvalue weighted by molar-refractivity contribution is 0.0527. The lowest BCUT2D eigenvalue weighted by atomic mass is 9.89. The van der Waals surface area contributed by atoms with Gasteiger partial charge in [-0.15, -0.1) is 0 Å². The van der Waals surface area contributed by atoms with E-state index < -0.39 is 0 Å². The van der Waals surface area contributed by atoms with E-state index in [1.165, 1.54) is 0 Å². The molecular formula is C25H25NO5. The van der Waals surface area contributed by atoms with E-state index >= 15 is 0 Å². The predicted octanol–water partition coefficient (Wildman–Crippen LogP) is 4.51. The summed E-state index contributed by atoms with van der Waals surface area (Å²) >= 11 is 0. The van der Waals surface area contributed by atoms with Crippen LogP contribution < -0.4 is 15.3 Å². The number of aryl methyl sites for hydroxylation is 2. The molecule has 6 heteroatoms. The normalized spacial score (nSPS) is 15.2. The average Bonchev–Trinajstić information content (AvgIpc) is 2.80. The van der Waals surface area contributed by atoms with Crippen LogP contribution >= 0.6 is 0 Å². The van der Waals surface area contributed by atoms with Crippen LogP contribution in [0.3, 0.4) is 0 Å². The Bertz CT molecular complexity index is 1240. The Labute approximate surface area is 180 Å². The largest absolute Gasteiger partial charge is 0.472 e. The molecule has 1 aliphatic carbocycles. The van der Waals surface area contributed by atoms with Crippen molar-refractivity contribution in [2.24, 2.45) is 0 Å². The maximum absolute atomic E-state index is 12.5. The number of carbonyl (C=O) groups excluding carboxylic acids is 1. The van der Waals surface area contributed by atoms with Crippen LogP contribution in [-0.2, 0) is 24.1 Å². The van der Waals surface area contributed by atoms with Crippen molar-refractivity contribution in [2.45, 2.75) is 46.1 Å². The second kappa shape index (κ2) is 7.76. The third kappa shape index (κ3) is 3.26. The molecule has 1 aliphatic heterocycles. The molecule has 31 heavy (non-hydrogen) atoms. The zero-order chi connectivity index (χ0) is 21.5. The lowest BCUT2D eigenvalue weighted by Gasteiger charge is -2.33. The van der Waals surface area contributed by atoms with Crippen LogP contribution in [0.1, 0.15) is 52.4 Å². The number of anilines is 1. The van der Waals surface area contributed by atoms with Gasteiger partial charge in [0.15, 0.2) is 6.73 Å². The first-order chi connectivity index (χ1) is 15.1. The highest BCUT2D eigenvalue weighted by Gasteiger charge is 2.27. The molecule has 2 aliphatic rings. The Morgan fingerprint density at radius 2 is 1.94 bits per heavy atom. The number of hydrogen-bond acceptors (Lipinski definition) is 6. The van der Waals surface area contributed by atoms with E-state index in [4.69, 9.17) is 13.9 Å². The number of carbonyl (C=O) groups is 1. The number of nitrogens with zero attached hydrogens (tertiary/aromatic N) is 1. The van der Waals surface area contributed by atoms with Gasteiger partial charge in [-0.05, 0) is 63.3 Å². The van der Waals surface area contributed by atoms with Gasteiger partial charge in [0.25, 0.3) is 0 Å². The van der Waals surface area contributed by atoms with Crippen molar-refractivity contribution in [3.8, 4) is 5.75 Å². The summed E-state index contributed by atoms with van der Waals surface area (Å²) in [7, 11) is 0. The summed E-state index contributed by atoms with van der Waals surface area (Å²) < 4.78 is 17.1. The SMILES string of the molecule is CCOC(=O)c1ccccc1N1COc2c(cc3c4c(c(=O)oc3c2C)CCCC4)C1. The van der Waals surface area contributed by atoms with Crippen LogP contribution in [0.25, 0.3) is 11.0 Å². The van der Waals surface area contributed by atoms with Crippen LogP contribution in [0.2, 0.25) is 0 Å². The Kier molecular flexibility index (Phi) is 4.93. The van der Waals surface area contributed by atoms with Gasteiger partial charge in [-0.1, -0.05) is 12.1 Å². The van der Waals surface area contributed by atoms with E-state index in [1.54, 1.807) is 13.0 Å². The maximum atomic E-state index is 12.5. The summed E-state index contributed by atoms with van der Waals surface area (Å²) in [6.07, 6.45) is 3.77. The smallest absolute Gasteiger partial charge is 0.340 e. The summed E-state index contributed by atoms with van der Waals surface area (Å²) in [5.74, 6) is 0.422. The topological polar surface area (TPSA) is 69.0 Å². The van der Waals surface area contributed by atoms with E-state index in [2.05, 4.69) is 6.07 Å². The lowest BCUT2D eigenvalue weighted by Crippen LogP contribution is -2.33. The summed E-state index contributed by atoms with van der Waals surface area (Å²) in [6.45, 7) is 4.96. The van der Waals surface area contributed by atoms with E-state index in [9.17, 15) is 9.59 Å². The summed E-state index contributed by atoms with van der Waals surface area (Å²) in [5, 5.41) is 1.01. The molecule has 6 nitrogen and oxygen atoms in total. The van der Waals surface area contributed by atoms with E-state index in [0.717, 1.165) is 64.8 Å². The monoisotopic (exact) mass is 419 g/mol. The quantitative estimate of drug-likeness (QED) is 0.459. The third-order valence-corrected chi connectivity index (χ3v) is 6.24. The highest BCUT2D eigenvalue weighted by atomic mass is 16.5. The molecule has 0 atom stereocenters. The van der Waals surface area contributed by atoms with Crippen molar-refractivity contribution in [3.63, 3.8) is 0 Å². The number of hydrogen-bond donors (Lipinski definition) is 0. The first-order valence-corrected chi connectivity index (χ1v) is 10.8. The van der Waals surface area contributed by atoms with Gasteiger partial charge >= 0.3 is 11.6 Å². The molecular weight excluding hydrogens is 394 g/mol. The van der Waals surface area contributed by atoms with Crippen LogP contribution in [0.15, 0.2) is 39.5 Å². The van der Waals surface area contributed by atoms with Crippen LogP contribution in [0, 0.1) is 6.92 Å². The fourth-order valence-electron chi connectivity index (χ4n) is 4.79. The highest BCUT2D eigenvalue weighted by molar-refractivity contribution is 5.96. The van der Waals surface area contributed by atoms with Crippen molar-refractivity contribution in [2.75, 3.05) is 18.2 Å². The minimum absolute atomic E-state index is 0.217. The standard InChI is InChI=1S/C25H25NO5/c1-3-29-24(27)19-10-6-7-11-21(19)26-13-16-12-20-17-8-4-5-9-18(17)25(28)31-23(20)15(2)22(16)30-14-26/h6-7,10-12H,3-5,8-9,13-14H2,1-2H3. The minimum atomic E-state index is -0.338. The van der Waals surface area contributed by atoms with Crippen LogP contribution in [-0.4, -0.2) is 19.3 Å². The second-order valence-corrected chi connectivity index (χ2v) is 8.13. The minimum Gasteiger partial charge on any atom is -0.472 e. The van der Waals surface area contributed by atoms with E-state index in [-0.39, 0.29) is 11.6 Å². The fourth-order valence-corrected chi connectivity index (χ4v) is 4.79. The van der Waals surface area contributed by atoms with Crippen molar-refractivity contribution < 1.29 is 18.7 Å². The molecule has 2 aromatic carbocycles. The molecule has 0 amide bonds. The zero-order valence-corrected chi connectivity index (χ0v) is 17.8. The third-order valence-electron chi connectivity index (χ3n) is 6.24. The van der Waals surface area contributed by atoms with Gasteiger partial charge in [0.2, 0.25) is 0 Å². The van der Waals surface area contributed by atoms with Gasteiger partial charge in [0, 0.05) is 28.6 Å². The summed E-state index contributed by atoms with van der Waals surface area (Å²) in [4.78, 5) is 27.0. The first kappa shape index (κ1) is 19.7. The molecule has 0 saturated heterocycles. The molecule has 0 radical (unpaired) electrons. The number of fused-ring (bicyclic) bond motifs is 4. The van der Waals surface area contributed by atoms with Gasteiger partial charge in [-0.25, -0.2) is 9.59 Å². The molecule has 3 aromatic rings. The van der Waals surface area contributed by atoms with Gasteiger partial charge in [-0.2, -0.15) is 0 Å². The Hall–Kier alpha value is -3.28. The summed E-state index contributed by atoms with van der Waals surface area (Å²) in [5.41, 5.74) is 5.54. The van der Waals surface area contributed by atoms with Gasteiger partial charge in [-0.3, -0.25) is 0 Å². The van der Waals surface area contributed by atoms with Crippen molar-refractivity contribution in [1.29, 1.82) is 0 Å². The molecule has 1 aromatic heterocycles. The van der Waals surface area contributed by atoms with Crippen molar-refractivity contribution in [1.82, 2.24) is 0 Å². The molecule has 5 rings (SSSR count). The Morgan fingerprint density at radius 3 is 2.74 bits per heavy atom. The van der Waals surface area contributed by atoms with E-state index in [1.807, 2.05) is 30.0 Å². The number of benzene rings is 2. The number of esters is 1. The molecule has 0 unspecified atom stereocenters. The summed E-state index contributed by atoms with van der Waals surface area (Å²) in [6, 6.07) is 9.53. The van der Waals surface area contributed by atoms with Crippen molar-refractivity contribution in [3.05, 3.63) is 68.6 Å². The van der Waals surface area contributed by atoms with Gasteiger partial charge in [0.05, 0.1) is 17.9 Å². The molecule has 0 bridgehead atoms. The molecule has 160 valence electrons. The fraction of sp³-hybridized carbons (Fsp3) is 0.360. The number of ether oxygens (including phenoxy) is 2. The van der Waals surface area contributed by atoms with E-state index in [0.29, 0.717) is 31.0 Å².